The van der Waals surface area contributed by atoms with Gasteiger partial charge in [0, 0.05) is 10.7 Å². The topological polar surface area (TPSA) is 106 Å². The van der Waals surface area contributed by atoms with Crippen LogP contribution in [0.5, 0.6) is 0 Å². The van der Waals surface area contributed by atoms with Crippen LogP contribution in [-0.2, 0) is 11.3 Å². The molecule has 5 rings (SSSR count). The highest BCUT2D eigenvalue weighted by Gasteiger charge is 2.21. The molecule has 2 amide bonds. The Labute approximate surface area is 212 Å². The average Bonchev–Trinajstić information content (AvgIpc) is 3.38. The molecule has 2 N–H and O–H groups in total. The Morgan fingerprint density at radius 2 is 1.89 bits per heavy atom. The van der Waals surface area contributed by atoms with E-state index in [2.05, 4.69) is 20.6 Å². The maximum Gasteiger partial charge on any atom is 0.267 e. The van der Waals surface area contributed by atoms with Crippen LogP contribution >= 0.6 is 34.3 Å². The van der Waals surface area contributed by atoms with Gasteiger partial charge in [0.1, 0.15) is 11.4 Å². The van der Waals surface area contributed by atoms with Gasteiger partial charge in [-0.05, 0) is 49.2 Å². The molecule has 0 saturated carbocycles. The summed E-state index contributed by atoms with van der Waals surface area (Å²) in [6.07, 6.45) is 1.32. The number of carbonyl (C=O) groups is 2. The number of hydrogen-bond acceptors (Lipinski definition) is 7. The zero-order chi connectivity index (χ0) is 24.7. The van der Waals surface area contributed by atoms with Crippen LogP contribution in [0.15, 0.2) is 53.6 Å². The number of para-hydroxylation sites is 1. The molecule has 2 aromatic carbocycles. The highest BCUT2D eigenvalue weighted by molar-refractivity contribution is 7.23. The van der Waals surface area contributed by atoms with Gasteiger partial charge in [-0.25, -0.2) is 9.97 Å². The number of aromatic nitrogens is 3. The van der Waals surface area contributed by atoms with Crippen molar-refractivity contribution in [1.29, 1.82) is 0 Å². The summed E-state index contributed by atoms with van der Waals surface area (Å²) in [6.45, 7) is 3.34. The molecule has 5 aromatic rings. The van der Waals surface area contributed by atoms with Crippen LogP contribution in [0.3, 0.4) is 0 Å². The van der Waals surface area contributed by atoms with E-state index in [1.54, 1.807) is 25.1 Å². The van der Waals surface area contributed by atoms with Crippen LogP contribution in [-0.4, -0.2) is 26.3 Å². The van der Waals surface area contributed by atoms with Crippen molar-refractivity contribution in [2.45, 2.75) is 20.4 Å². The van der Waals surface area contributed by atoms with E-state index < -0.39 is 5.91 Å². The van der Waals surface area contributed by atoms with Crippen molar-refractivity contribution in [3.63, 3.8) is 0 Å². The standard InChI is InChI=1S/C24H18ClN5O3S2/c1-12-7-8-14(9-15(12)25)27-18(31)10-30-11-26-22-19(23(30)33)13(2)20(35-22)21(32)29-24-28-16-5-3-4-6-17(16)34-24/h3-9,11H,10H2,1-2H3,(H,27,31)(H,28,29,32). The molecule has 0 aliphatic carbocycles. The van der Waals surface area contributed by atoms with Crippen LogP contribution in [0.25, 0.3) is 20.4 Å². The lowest BCUT2D eigenvalue weighted by atomic mass is 10.2. The van der Waals surface area contributed by atoms with Crippen molar-refractivity contribution in [2.24, 2.45) is 0 Å². The first-order valence-corrected chi connectivity index (χ1v) is 12.5. The Bertz CT molecular complexity index is 1660. The van der Waals surface area contributed by atoms with Gasteiger partial charge < -0.3 is 5.32 Å². The first-order chi connectivity index (χ1) is 16.8. The lowest BCUT2D eigenvalue weighted by Crippen LogP contribution is -2.28. The number of hydrogen-bond donors (Lipinski definition) is 2. The molecular weight excluding hydrogens is 506 g/mol. The summed E-state index contributed by atoms with van der Waals surface area (Å²) in [7, 11) is 0. The number of nitrogens with one attached hydrogen (secondary N) is 2. The van der Waals surface area contributed by atoms with E-state index in [1.165, 1.54) is 22.2 Å². The summed E-state index contributed by atoms with van der Waals surface area (Å²) in [5, 5.41) is 6.88. The molecule has 11 heteroatoms. The quantitative estimate of drug-likeness (QED) is 0.328. The zero-order valence-electron chi connectivity index (χ0n) is 18.6. The van der Waals surface area contributed by atoms with Crippen LogP contribution in [0.2, 0.25) is 5.02 Å². The molecule has 176 valence electrons. The minimum absolute atomic E-state index is 0.226. The van der Waals surface area contributed by atoms with Gasteiger partial charge in [0.05, 0.1) is 26.8 Å². The molecule has 0 atom stereocenters. The van der Waals surface area contributed by atoms with E-state index in [4.69, 9.17) is 11.6 Å². The normalized spacial score (nSPS) is 11.2. The zero-order valence-corrected chi connectivity index (χ0v) is 21.0. The Balaban J connectivity index is 1.38. The third-order valence-electron chi connectivity index (χ3n) is 5.41. The van der Waals surface area contributed by atoms with Gasteiger partial charge in [-0.1, -0.05) is 41.1 Å². The van der Waals surface area contributed by atoms with Gasteiger partial charge in [-0.3, -0.25) is 24.3 Å². The number of aryl methyl sites for hydroxylation is 2. The van der Waals surface area contributed by atoms with E-state index >= 15 is 0 Å². The van der Waals surface area contributed by atoms with Crippen molar-refractivity contribution in [1.82, 2.24) is 14.5 Å². The maximum atomic E-state index is 13.1. The summed E-state index contributed by atoms with van der Waals surface area (Å²) in [6, 6.07) is 12.8. The number of carbonyl (C=O) groups excluding carboxylic acids is 2. The SMILES string of the molecule is Cc1ccc(NC(=O)Cn2cnc3sc(C(=O)Nc4nc5ccccc5s4)c(C)c3c2=O)cc1Cl. The second-order valence-corrected chi connectivity index (χ2v) is 10.3. The molecule has 0 aliphatic rings. The number of benzene rings is 2. The molecule has 0 aliphatic heterocycles. The average molecular weight is 524 g/mol. The number of nitrogens with zero attached hydrogens (tertiary/aromatic N) is 3. The second-order valence-electron chi connectivity index (χ2n) is 7.87. The predicted molar refractivity (Wildman–Crippen MR) is 141 cm³/mol. The van der Waals surface area contributed by atoms with Crippen LogP contribution in [0.4, 0.5) is 10.8 Å². The largest absolute Gasteiger partial charge is 0.324 e. The monoisotopic (exact) mass is 523 g/mol. The van der Waals surface area contributed by atoms with Crippen LogP contribution < -0.4 is 16.2 Å². The summed E-state index contributed by atoms with van der Waals surface area (Å²) in [4.78, 5) is 48.2. The van der Waals surface area contributed by atoms with Crippen molar-refractivity contribution >= 4 is 77.3 Å². The Hall–Kier alpha value is -3.60. The number of fused-ring (bicyclic) bond motifs is 2. The lowest BCUT2D eigenvalue weighted by molar-refractivity contribution is -0.116. The van der Waals surface area contributed by atoms with E-state index in [1.807, 2.05) is 31.2 Å². The molecule has 35 heavy (non-hydrogen) atoms. The molecule has 0 spiro atoms. The van der Waals surface area contributed by atoms with Gasteiger partial charge in [-0.15, -0.1) is 11.3 Å². The van der Waals surface area contributed by atoms with E-state index in [0.29, 0.717) is 36.5 Å². The second kappa shape index (κ2) is 9.21. The molecule has 0 radical (unpaired) electrons. The molecule has 3 aromatic heterocycles. The third kappa shape index (κ3) is 4.55. The van der Waals surface area contributed by atoms with Gasteiger partial charge in [0.2, 0.25) is 5.91 Å². The van der Waals surface area contributed by atoms with Crippen molar-refractivity contribution in [2.75, 3.05) is 10.6 Å². The molecule has 0 fully saturated rings. The maximum absolute atomic E-state index is 13.1. The highest BCUT2D eigenvalue weighted by atomic mass is 35.5. The third-order valence-corrected chi connectivity index (χ3v) is 7.97. The Kier molecular flexibility index (Phi) is 6.10. The fourth-order valence-electron chi connectivity index (χ4n) is 3.59. The summed E-state index contributed by atoms with van der Waals surface area (Å²) < 4.78 is 2.19. The van der Waals surface area contributed by atoms with Crippen LogP contribution in [0.1, 0.15) is 20.8 Å². The summed E-state index contributed by atoms with van der Waals surface area (Å²) in [5.74, 6) is -0.751. The first-order valence-electron chi connectivity index (χ1n) is 10.5. The van der Waals surface area contributed by atoms with Gasteiger partial charge in [0.15, 0.2) is 5.13 Å². The number of amides is 2. The molecule has 8 nitrogen and oxygen atoms in total. The fraction of sp³-hybridized carbons (Fsp3) is 0.125. The van der Waals surface area contributed by atoms with Gasteiger partial charge in [-0.2, -0.15) is 0 Å². The van der Waals surface area contributed by atoms with E-state index in [-0.39, 0.29) is 18.0 Å². The molecular formula is C24H18ClN5O3S2. The predicted octanol–water partition coefficient (Wildman–Crippen LogP) is 5.23. The minimum Gasteiger partial charge on any atom is -0.324 e. The van der Waals surface area contributed by atoms with Crippen molar-refractivity contribution in [3.05, 3.63) is 80.2 Å². The summed E-state index contributed by atoms with van der Waals surface area (Å²) >= 11 is 8.62. The van der Waals surface area contributed by atoms with Crippen molar-refractivity contribution in [3.8, 4) is 0 Å². The Morgan fingerprint density at radius 1 is 1.09 bits per heavy atom. The smallest absolute Gasteiger partial charge is 0.267 e. The molecule has 0 bridgehead atoms. The molecule has 3 heterocycles. The number of thiophene rings is 1. The fourth-order valence-corrected chi connectivity index (χ4v) is 5.67. The first kappa shape index (κ1) is 23.2. The van der Waals surface area contributed by atoms with Gasteiger partial charge >= 0.3 is 0 Å². The van der Waals surface area contributed by atoms with E-state index in [9.17, 15) is 14.4 Å². The van der Waals surface area contributed by atoms with Crippen LogP contribution in [0, 0.1) is 13.8 Å². The highest BCUT2D eigenvalue weighted by Crippen LogP contribution is 2.30. The lowest BCUT2D eigenvalue weighted by Gasteiger charge is -2.08. The number of anilines is 2. The Morgan fingerprint density at radius 3 is 2.66 bits per heavy atom. The number of rotatable bonds is 5. The summed E-state index contributed by atoms with van der Waals surface area (Å²) in [5.41, 5.74) is 2.36. The number of thiazole rings is 1. The molecule has 0 unspecified atom stereocenters. The molecule has 0 saturated heterocycles. The minimum atomic E-state index is -0.394. The van der Waals surface area contributed by atoms with Crippen molar-refractivity contribution < 1.29 is 9.59 Å². The van der Waals surface area contributed by atoms with E-state index in [0.717, 1.165) is 27.1 Å². The number of halogens is 1. The van der Waals surface area contributed by atoms with Gasteiger partial charge in [0.25, 0.3) is 11.5 Å².